The van der Waals surface area contributed by atoms with Crippen LogP contribution in [-0.2, 0) is 4.79 Å². The molecule has 0 spiro atoms. The normalized spacial score (nSPS) is 19.1. The van der Waals surface area contributed by atoms with E-state index in [1.807, 2.05) is 19.9 Å². The Hall–Kier alpha value is -1.65. The highest BCUT2D eigenvalue weighted by Gasteiger charge is 2.26. The average molecular weight is 248 g/mol. The molecule has 18 heavy (non-hydrogen) atoms. The van der Waals surface area contributed by atoms with Crippen LogP contribution in [0.1, 0.15) is 24.2 Å². The van der Waals surface area contributed by atoms with E-state index in [2.05, 4.69) is 20.2 Å². The van der Waals surface area contributed by atoms with E-state index in [9.17, 15) is 4.79 Å². The second-order valence-corrected chi connectivity index (χ2v) is 4.93. The van der Waals surface area contributed by atoms with Gasteiger partial charge in [0.15, 0.2) is 0 Å². The zero-order chi connectivity index (χ0) is 13.1. The number of amides is 1. The quantitative estimate of drug-likeness (QED) is 0.869. The molecule has 1 amide bonds. The number of aromatic nitrogens is 2. The van der Waals surface area contributed by atoms with E-state index in [1.54, 1.807) is 7.05 Å². The van der Waals surface area contributed by atoms with Gasteiger partial charge in [-0.05, 0) is 32.3 Å². The first-order valence-electron chi connectivity index (χ1n) is 6.36. The molecule has 0 aliphatic carbocycles. The Morgan fingerprint density at radius 1 is 1.44 bits per heavy atom. The van der Waals surface area contributed by atoms with Gasteiger partial charge in [0.25, 0.3) is 0 Å². The van der Waals surface area contributed by atoms with Gasteiger partial charge in [-0.1, -0.05) is 0 Å². The third-order valence-corrected chi connectivity index (χ3v) is 3.29. The van der Waals surface area contributed by atoms with Crippen LogP contribution < -0.4 is 10.2 Å². The highest BCUT2D eigenvalue weighted by Crippen LogP contribution is 2.23. The Balaban J connectivity index is 2.01. The highest BCUT2D eigenvalue weighted by molar-refractivity contribution is 5.75. The maximum Gasteiger partial charge on any atom is 0.225 e. The number of carbonyl (C=O) groups excluding carboxylic acids is 1. The third kappa shape index (κ3) is 2.97. The lowest BCUT2D eigenvalue weighted by molar-refractivity contribution is -0.121. The molecule has 1 N–H and O–H groups in total. The molecule has 1 saturated heterocycles. The highest BCUT2D eigenvalue weighted by atomic mass is 16.1. The fourth-order valence-electron chi connectivity index (χ4n) is 2.39. The van der Waals surface area contributed by atoms with Crippen LogP contribution in [0.5, 0.6) is 0 Å². The lowest BCUT2D eigenvalue weighted by atomic mass is 10.1. The second-order valence-electron chi connectivity index (χ2n) is 4.93. The summed E-state index contributed by atoms with van der Waals surface area (Å²) in [4.78, 5) is 22.5. The van der Waals surface area contributed by atoms with Gasteiger partial charge in [-0.25, -0.2) is 9.97 Å². The molecular weight excluding hydrogens is 228 g/mol. The van der Waals surface area contributed by atoms with Gasteiger partial charge in [0, 0.05) is 37.9 Å². The summed E-state index contributed by atoms with van der Waals surface area (Å²) >= 11 is 0. The molecule has 1 aliphatic rings. The van der Waals surface area contributed by atoms with Crippen molar-refractivity contribution in [2.45, 2.75) is 26.7 Å². The molecule has 0 radical (unpaired) electrons. The van der Waals surface area contributed by atoms with Crippen LogP contribution >= 0.6 is 0 Å². The maximum atomic E-state index is 11.4. The molecule has 1 aromatic heterocycles. The summed E-state index contributed by atoms with van der Waals surface area (Å²) < 4.78 is 0. The van der Waals surface area contributed by atoms with E-state index in [0.717, 1.165) is 36.8 Å². The predicted octanol–water partition coefficient (Wildman–Crippen LogP) is 1.06. The lowest BCUT2D eigenvalue weighted by Gasteiger charge is -2.17. The SMILES string of the molecule is CNC(=O)C[C@H]1CCN(c2nc(C)cc(C)n2)C1. The minimum absolute atomic E-state index is 0.114. The summed E-state index contributed by atoms with van der Waals surface area (Å²) in [5.41, 5.74) is 1.99. The molecule has 0 bridgehead atoms. The largest absolute Gasteiger partial charge is 0.359 e. The molecule has 2 heterocycles. The molecule has 98 valence electrons. The summed E-state index contributed by atoms with van der Waals surface area (Å²) in [6, 6.07) is 1.97. The summed E-state index contributed by atoms with van der Waals surface area (Å²) in [6.07, 6.45) is 1.63. The Kier molecular flexibility index (Phi) is 3.79. The Bertz CT molecular complexity index is 426. The number of nitrogens with one attached hydrogen (secondary N) is 1. The summed E-state index contributed by atoms with van der Waals surface area (Å²) in [5, 5.41) is 2.68. The fraction of sp³-hybridized carbons (Fsp3) is 0.615. The summed E-state index contributed by atoms with van der Waals surface area (Å²) in [7, 11) is 1.68. The number of aryl methyl sites for hydroxylation is 2. The van der Waals surface area contributed by atoms with Crippen molar-refractivity contribution in [3.63, 3.8) is 0 Å². The second kappa shape index (κ2) is 5.33. The standard InChI is InChI=1S/C13H20N4O/c1-9-6-10(2)16-13(15-9)17-5-4-11(8-17)7-12(18)14-3/h6,11H,4-5,7-8H2,1-3H3,(H,14,18)/t11-/m1/s1. The smallest absolute Gasteiger partial charge is 0.225 e. The fourth-order valence-corrected chi connectivity index (χ4v) is 2.39. The number of hydrogen-bond donors (Lipinski definition) is 1. The zero-order valence-electron chi connectivity index (χ0n) is 11.2. The topological polar surface area (TPSA) is 58.1 Å². The number of nitrogens with zero attached hydrogens (tertiary/aromatic N) is 3. The Labute approximate surface area is 108 Å². The molecule has 1 atom stereocenters. The van der Waals surface area contributed by atoms with Gasteiger partial charge < -0.3 is 10.2 Å². The Morgan fingerprint density at radius 3 is 2.72 bits per heavy atom. The van der Waals surface area contributed by atoms with Crippen molar-refractivity contribution in [3.8, 4) is 0 Å². The van der Waals surface area contributed by atoms with E-state index >= 15 is 0 Å². The van der Waals surface area contributed by atoms with E-state index in [-0.39, 0.29) is 5.91 Å². The minimum atomic E-state index is 0.114. The molecule has 5 heteroatoms. The molecule has 0 aromatic carbocycles. The van der Waals surface area contributed by atoms with Crippen molar-refractivity contribution in [2.24, 2.45) is 5.92 Å². The maximum absolute atomic E-state index is 11.4. The van der Waals surface area contributed by atoms with Crippen LogP contribution in [-0.4, -0.2) is 36.0 Å². The molecule has 1 fully saturated rings. The van der Waals surface area contributed by atoms with Gasteiger partial charge in [-0.3, -0.25) is 4.79 Å². The minimum Gasteiger partial charge on any atom is -0.359 e. The van der Waals surface area contributed by atoms with E-state index in [0.29, 0.717) is 12.3 Å². The van der Waals surface area contributed by atoms with Crippen LogP contribution in [0.3, 0.4) is 0 Å². The summed E-state index contributed by atoms with van der Waals surface area (Å²) in [6.45, 7) is 5.77. The van der Waals surface area contributed by atoms with Gasteiger partial charge in [0.2, 0.25) is 11.9 Å². The van der Waals surface area contributed by atoms with E-state index in [1.165, 1.54) is 0 Å². The van der Waals surface area contributed by atoms with E-state index in [4.69, 9.17) is 0 Å². The monoisotopic (exact) mass is 248 g/mol. The number of hydrogen-bond acceptors (Lipinski definition) is 4. The summed E-state index contributed by atoms with van der Waals surface area (Å²) in [5.74, 6) is 1.32. The average Bonchev–Trinajstić information content (AvgIpc) is 2.76. The number of carbonyl (C=O) groups is 1. The van der Waals surface area contributed by atoms with E-state index < -0.39 is 0 Å². The first-order chi connectivity index (χ1) is 8.58. The molecule has 0 unspecified atom stereocenters. The first kappa shape index (κ1) is 12.8. The number of anilines is 1. The molecule has 1 aromatic rings. The molecular formula is C13H20N4O. The molecule has 0 saturated carbocycles. The van der Waals surface area contributed by atoms with Crippen molar-refractivity contribution in [1.29, 1.82) is 0 Å². The van der Waals surface area contributed by atoms with Crippen LogP contribution in [0.4, 0.5) is 5.95 Å². The van der Waals surface area contributed by atoms with Crippen molar-refractivity contribution < 1.29 is 4.79 Å². The van der Waals surface area contributed by atoms with Crippen molar-refractivity contribution >= 4 is 11.9 Å². The van der Waals surface area contributed by atoms with Gasteiger partial charge in [0.05, 0.1) is 0 Å². The van der Waals surface area contributed by atoms with Crippen LogP contribution in [0.25, 0.3) is 0 Å². The third-order valence-electron chi connectivity index (χ3n) is 3.29. The predicted molar refractivity (Wildman–Crippen MR) is 70.5 cm³/mol. The first-order valence-corrected chi connectivity index (χ1v) is 6.36. The Morgan fingerprint density at radius 2 is 2.11 bits per heavy atom. The molecule has 5 nitrogen and oxygen atoms in total. The van der Waals surface area contributed by atoms with Crippen LogP contribution in [0.15, 0.2) is 6.07 Å². The lowest BCUT2D eigenvalue weighted by Crippen LogP contribution is -2.25. The van der Waals surface area contributed by atoms with Crippen LogP contribution in [0.2, 0.25) is 0 Å². The van der Waals surface area contributed by atoms with Gasteiger partial charge >= 0.3 is 0 Å². The van der Waals surface area contributed by atoms with Gasteiger partial charge in [-0.15, -0.1) is 0 Å². The van der Waals surface area contributed by atoms with Gasteiger partial charge in [-0.2, -0.15) is 0 Å². The number of rotatable bonds is 3. The zero-order valence-corrected chi connectivity index (χ0v) is 11.2. The van der Waals surface area contributed by atoms with Crippen molar-refractivity contribution in [1.82, 2.24) is 15.3 Å². The van der Waals surface area contributed by atoms with Crippen LogP contribution in [0, 0.1) is 19.8 Å². The molecule has 1 aliphatic heterocycles. The van der Waals surface area contributed by atoms with Crippen molar-refractivity contribution in [2.75, 3.05) is 25.0 Å². The van der Waals surface area contributed by atoms with Gasteiger partial charge in [0.1, 0.15) is 0 Å². The molecule has 2 rings (SSSR count). The van der Waals surface area contributed by atoms with Crippen molar-refractivity contribution in [3.05, 3.63) is 17.5 Å².